The van der Waals surface area contributed by atoms with Gasteiger partial charge in [0.15, 0.2) is 0 Å². The Morgan fingerprint density at radius 2 is 2.13 bits per heavy atom. The smallest absolute Gasteiger partial charge is 0.133 e. The van der Waals surface area contributed by atoms with Crippen molar-refractivity contribution < 1.29 is 0 Å². The predicted molar refractivity (Wildman–Crippen MR) is 59.3 cm³/mol. The monoisotopic (exact) mass is 205 g/mol. The van der Waals surface area contributed by atoms with E-state index in [0.717, 1.165) is 17.5 Å². The minimum Gasteiger partial charge on any atom is -0.396 e. The minimum atomic E-state index is -0.0791. The highest BCUT2D eigenvalue weighted by Gasteiger charge is 2.22. The van der Waals surface area contributed by atoms with E-state index in [4.69, 9.17) is 5.73 Å². The fourth-order valence-corrected chi connectivity index (χ4v) is 1.47. The van der Waals surface area contributed by atoms with E-state index in [1.54, 1.807) is 12.4 Å². The summed E-state index contributed by atoms with van der Waals surface area (Å²) >= 11 is 0. The number of hydrogen-bond acceptors (Lipinski definition) is 4. The van der Waals surface area contributed by atoms with Gasteiger partial charge in [-0.15, -0.1) is 5.10 Å². The van der Waals surface area contributed by atoms with E-state index in [9.17, 15) is 0 Å². The van der Waals surface area contributed by atoms with E-state index >= 15 is 0 Å². The molecule has 0 fully saturated rings. The van der Waals surface area contributed by atoms with Crippen molar-refractivity contribution in [1.29, 1.82) is 0 Å². The molecule has 2 aromatic heterocycles. The van der Waals surface area contributed by atoms with Crippen molar-refractivity contribution in [3.8, 4) is 0 Å². The molecule has 0 saturated heterocycles. The first kappa shape index (κ1) is 9.89. The molecule has 15 heavy (non-hydrogen) atoms. The number of nitrogens with two attached hydrogens (primary N) is 1. The summed E-state index contributed by atoms with van der Waals surface area (Å²) in [5.41, 5.74) is 8.05. The molecule has 2 rings (SSSR count). The first-order valence-electron chi connectivity index (χ1n) is 5.01. The lowest BCUT2D eigenvalue weighted by Crippen LogP contribution is -2.26. The van der Waals surface area contributed by atoms with Gasteiger partial charge in [0.1, 0.15) is 11.0 Å². The standard InChI is InChI=1S/C10H15N5/c1-4-10(2,3)15-9-7(11)5-12-6-8(9)13-14-15/h5-6H,4,11H2,1-3H3. The lowest BCUT2D eigenvalue weighted by molar-refractivity contribution is 0.311. The molecule has 0 aliphatic carbocycles. The Hall–Kier alpha value is -1.65. The van der Waals surface area contributed by atoms with Crippen LogP contribution in [0.15, 0.2) is 12.4 Å². The van der Waals surface area contributed by atoms with E-state index in [2.05, 4.69) is 36.1 Å². The van der Waals surface area contributed by atoms with Crippen LogP contribution in [0.3, 0.4) is 0 Å². The van der Waals surface area contributed by atoms with E-state index in [1.165, 1.54) is 0 Å². The van der Waals surface area contributed by atoms with Gasteiger partial charge in [-0.1, -0.05) is 12.1 Å². The van der Waals surface area contributed by atoms with Crippen molar-refractivity contribution in [1.82, 2.24) is 20.0 Å². The average Bonchev–Trinajstić information content (AvgIpc) is 2.63. The lowest BCUT2D eigenvalue weighted by Gasteiger charge is -2.23. The van der Waals surface area contributed by atoms with Crippen molar-refractivity contribution in [2.45, 2.75) is 32.7 Å². The third-order valence-electron chi connectivity index (χ3n) is 2.82. The van der Waals surface area contributed by atoms with Crippen molar-refractivity contribution in [3.05, 3.63) is 12.4 Å². The number of pyridine rings is 1. The maximum absolute atomic E-state index is 5.89. The molecule has 80 valence electrons. The van der Waals surface area contributed by atoms with Gasteiger partial charge in [0.25, 0.3) is 0 Å². The van der Waals surface area contributed by atoms with Gasteiger partial charge in [-0.05, 0) is 20.3 Å². The van der Waals surface area contributed by atoms with Gasteiger partial charge in [0.05, 0.1) is 23.6 Å². The molecule has 0 aromatic carbocycles. The van der Waals surface area contributed by atoms with Crippen molar-refractivity contribution in [2.24, 2.45) is 0 Å². The zero-order chi connectivity index (χ0) is 11.1. The molecule has 5 heteroatoms. The van der Waals surface area contributed by atoms with Crippen molar-refractivity contribution in [2.75, 3.05) is 5.73 Å². The summed E-state index contributed by atoms with van der Waals surface area (Å²) in [5.74, 6) is 0. The zero-order valence-electron chi connectivity index (χ0n) is 9.23. The first-order valence-corrected chi connectivity index (χ1v) is 5.01. The lowest BCUT2D eigenvalue weighted by atomic mass is 10.0. The van der Waals surface area contributed by atoms with Crippen LogP contribution < -0.4 is 5.73 Å². The van der Waals surface area contributed by atoms with Crippen LogP contribution in [0.4, 0.5) is 5.69 Å². The van der Waals surface area contributed by atoms with Gasteiger partial charge in [-0.25, -0.2) is 4.68 Å². The largest absolute Gasteiger partial charge is 0.396 e. The Balaban J connectivity index is 2.73. The summed E-state index contributed by atoms with van der Waals surface area (Å²) in [6.07, 6.45) is 4.28. The summed E-state index contributed by atoms with van der Waals surface area (Å²) in [6, 6.07) is 0. The minimum absolute atomic E-state index is 0.0791. The molecule has 2 aromatic rings. The third-order valence-corrected chi connectivity index (χ3v) is 2.82. The first-order chi connectivity index (χ1) is 7.06. The quantitative estimate of drug-likeness (QED) is 0.807. The fourth-order valence-electron chi connectivity index (χ4n) is 1.47. The molecule has 5 nitrogen and oxygen atoms in total. The van der Waals surface area contributed by atoms with E-state index in [-0.39, 0.29) is 5.54 Å². The molecule has 0 aliphatic heterocycles. The molecule has 0 spiro atoms. The number of anilines is 1. The highest BCUT2D eigenvalue weighted by molar-refractivity contribution is 5.85. The average molecular weight is 205 g/mol. The number of hydrogen-bond donors (Lipinski definition) is 1. The van der Waals surface area contributed by atoms with Crippen LogP contribution in [-0.2, 0) is 5.54 Å². The van der Waals surface area contributed by atoms with Gasteiger partial charge in [-0.3, -0.25) is 4.98 Å². The maximum atomic E-state index is 5.89. The molecule has 0 bridgehead atoms. The number of fused-ring (bicyclic) bond motifs is 1. The molecule has 0 saturated carbocycles. The summed E-state index contributed by atoms with van der Waals surface area (Å²) < 4.78 is 1.87. The third kappa shape index (κ3) is 1.44. The second kappa shape index (κ2) is 3.18. The van der Waals surface area contributed by atoms with Crippen LogP contribution in [0.25, 0.3) is 11.0 Å². The molecule has 0 aliphatic rings. The highest BCUT2D eigenvalue weighted by Crippen LogP contribution is 2.26. The summed E-state index contributed by atoms with van der Waals surface area (Å²) in [4.78, 5) is 3.99. The van der Waals surface area contributed by atoms with Crippen LogP contribution in [0.2, 0.25) is 0 Å². The molecule has 2 N–H and O–H groups in total. The Labute approximate surface area is 88.3 Å². The van der Waals surface area contributed by atoms with E-state index in [1.807, 2.05) is 4.68 Å². The van der Waals surface area contributed by atoms with Crippen LogP contribution in [-0.4, -0.2) is 20.0 Å². The van der Waals surface area contributed by atoms with Gasteiger partial charge < -0.3 is 5.73 Å². The molecule has 2 heterocycles. The van der Waals surface area contributed by atoms with Crippen LogP contribution in [0.1, 0.15) is 27.2 Å². The van der Waals surface area contributed by atoms with Gasteiger partial charge in [0.2, 0.25) is 0 Å². The Morgan fingerprint density at radius 3 is 2.80 bits per heavy atom. The van der Waals surface area contributed by atoms with Crippen molar-refractivity contribution in [3.63, 3.8) is 0 Å². The van der Waals surface area contributed by atoms with E-state index in [0.29, 0.717) is 5.69 Å². The Morgan fingerprint density at radius 1 is 1.40 bits per heavy atom. The number of aromatic nitrogens is 4. The summed E-state index contributed by atoms with van der Waals surface area (Å²) in [6.45, 7) is 6.34. The SMILES string of the molecule is CCC(C)(C)n1nnc2cncc(N)c21. The summed E-state index contributed by atoms with van der Waals surface area (Å²) in [5, 5.41) is 8.21. The molecule has 0 amide bonds. The molecule has 0 radical (unpaired) electrons. The second-order valence-electron chi connectivity index (χ2n) is 4.26. The van der Waals surface area contributed by atoms with Crippen LogP contribution in [0, 0.1) is 0 Å². The van der Waals surface area contributed by atoms with Crippen LogP contribution >= 0.6 is 0 Å². The predicted octanol–water partition coefficient (Wildman–Crippen LogP) is 1.55. The molecular formula is C10H15N5. The van der Waals surface area contributed by atoms with Gasteiger partial charge in [-0.2, -0.15) is 0 Å². The normalized spacial score (nSPS) is 12.2. The Bertz CT molecular complexity index is 486. The molecular weight excluding hydrogens is 190 g/mol. The maximum Gasteiger partial charge on any atom is 0.133 e. The second-order valence-corrected chi connectivity index (χ2v) is 4.26. The van der Waals surface area contributed by atoms with Gasteiger partial charge >= 0.3 is 0 Å². The zero-order valence-corrected chi connectivity index (χ0v) is 9.23. The number of nitrogen functional groups attached to an aromatic ring is 1. The topological polar surface area (TPSA) is 69.6 Å². The molecule has 0 unspecified atom stereocenters. The summed E-state index contributed by atoms with van der Waals surface area (Å²) in [7, 11) is 0. The van der Waals surface area contributed by atoms with Gasteiger partial charge in [0, 0.05) is 0 Å². The fraction of sp³-hybridized carbons (Fsp3) is 0.500. The van der Waals surface area contributed by atoms with Crippen LogP contribution in [0.5, 0.6) is 0 Å². The van der Waals surface area contributed by atoms with Crippen molar-refractivity contribution >= 4 is 16.7 Å². The number of rotatable bonds is 2. The number of nitrogens with zero attached hydrogens (tertiary/aromatic N) is 4. The molecule has 0 atom stereocenters. The van der Waals surface area contributed by atoms with E-state index < -0.39 is 0 Å². The Kier molecular flexibility index (Phi) is 2.10. The highest BCUT2D eigenvalue weighted by atomic mass is 15.5.